The van der Waals surface area contributed by atoms with Crippen LogP contribution >= 0.6 is 0 Å². The van der Waals surface area contributed by atoms with Gasteiger partial charge in [0.05, 0.1) is 7.11 Å². The molecule has 0 saturated heterocycles. The summed E-state index contributed by atoms with van der Waals surface area (Å²) in [5, 5.41) is 8.27. The van der Waals surface area contributed by atoms with E-state index < -0.39 is 5.97 Å². The van der Waals surface area contributed by atoms with Crippen LogP contribution in [-0.4, -0.2) is 29.6 Å². The molecule has 74 valence electrons. The van der Waals surface area contributed by atoms with Crippen molar-refractivity contribution in [2.45, 2.75) is 0 Å². The smallest absolute Gasteiger partial charge is 0.341 e. The van der Waals surface area contributed by atoms with E-state index in [0.717, 1.165) is 6.34 Å². The van der Waals surface area contributed by atoms with Crippen molar-refractivity contribution in [3.05, 3.63) is 23.9 Å². The highest BCUT2D eigenvalue weighted by Gasteiger charge is 2.10. The largest absolute Gasteiger partial charge is 0.465 e. The number of nitrogens with one attached hydrogen (secondary N) is 1. The van der Waals surface area contributed by atoms with Crippen LogP contribution in [0.5, 0.6) is 0 Å². The average molecular weight is 195 g/mol. The Balaban J connectivity index is 3.03. The molecule has 1 heterocycles. The number of methoxy groups -OCH3 is 1. The predicted molar refractivity (Wildman–Crippen MR) is 48.7 cm³/mol. The third-order valence-electron chi connectivity index (χ3n) is 1.44. The summed E-state index contributed by atoms with van der Waals surface area (Å²) in [6.07, 6.45) is 2.49. The van der Waals surface area contributed by atoms with Gasteiger partial charge < -0.3 is 4.74 Å². The second-order valence-corrected chi connectivity index (χ2v) is 2.25. The monoisotopic (exact) mass is 195 g/mol. The van der Waals surface area contributed by atoms with Gasteiger partial charge in [-0.3, -0.25) is 10.7 Å². The van der Waals surface area contributed by atoms with Crippen molar-refractivity contribution < 1.29 is 14.7 Å². The predicted octanol–water partition coefficient (Wildman–Crippen LogP) is 0.507. The van der Waals surface area contributed by atoms with E-state index in [9.17, 15) is 4.79 Å². The van der Waals surface area contributed by atoms with Gasteiger partial charge in [-0.05, 0) is 12.1 Å². The molecule has 0 radical (unpaired) electrons. The summed E-state index contributed by atoms with van der Waals surface area (Å²) in [7, 11) is 1.27. The number of aromatic nitrogens is 1. The topological polar surface area (TPSA) is 83.8 Å². The van der Waals surface area contributed by atoms with Crippen LogP contribution in [0.25, 0.3) is 0 Å². The Labute approximate surface area is 80.2 Å². The highest BCUT2D eigenvalue weighted by molar-refractivity contribution is 5.94. The Kier molecular flexibility index (Phi) is 3.57. The van der Waals surface area contributed by atoms with Gasteiger partial charge in [-0.25, -0.2) is 14.8 Å². The van der Waals surface area contributed by atoms with Gasteiger partial charge in [-0.15, -0.1) is 0 Å². The number of carbonyl (C=O) groups excluding carboxylic acids is 1. The molecule has 0 unspecified atom stereocenters. The molecular weight excluding hydrogens is 186 g/mol. The molecule has 0 bridgehead atoms. The van der Waals surface area contributed by atoms with E-state index in [-0.39, 0.29) is 11.4 Å². The average Bonchev–Trinajstić information content (AvgIpc) is 2.25. The number of carbonyl (C=O) groups is 1. The number of aliphatic imine (C=N–C) groups is 1. The fourth-order valence-electron chi connectivity index (χ4n) is 0.859. The zero-order valence-electron chi connectivity index (χ0n) is 7.47. The summed E-state index contributed by atoms with van der Waals surface area (Å²) < 4.78 is 4.52. The summed E-state index contributed by atoms with van der Waals surface area (Å²) in [5.41, 5.74) is 1.95. The van der Waals surface area contributed by atoms with E-state index in [0.29, 0.717) is 0 Å². The van der Waals surface area contributed by atoms with E-state index in [1.165, 1.54) is 19.4 Å². The minimum absolute atomic E-state index is 0.181. The molecule has 6 nitrogen and oxygen atoms in total. The van der Waals surface area contributed by atoms with Crippen molar-refractivity contribution in [1.29, 1.82) is 0 Å². The maximum atomic E-state index is 11.2. The van der Waals surface area contributed by atoms with E-state index in [1.807, 2.05) is 0 Å². The molecule has 1 aromatic heterocycles. The van der Waals surface area contributed by atoms with E-state index in [4.69, 9.17) is 5.21 Å². The lowest BCUT2D eigenvalue weighted by Crippen LogP contribution is -2.05. The van der Waals surface area contributed by atoms with Crippen LogP contribution in [0.3, 0.4) is 0 Å². The summed E-state index contributed by atoms with van der Waals surface area (Å²) in [6, 6.07) is 3.13. The third kappa shape index (κ3) is 2.27. The van der Waals surface area contributed by atoms with Crippen LogP contribution < -0.4 is 5.48 Å². The first kappa shape index (κ1) is 10.1. The van der Waals surface area contributed by atoms with Crippen molar-refractivity contribution in [2.75, 3.05) is 7.11 Å². The van der Waals surface area contributed by atoms with E-state index >= 15 is 0 Å². The summed E-state index contributed by atoms with van der Waals surface area (Å²) in [6.45, 7) is 0. The van der Waals surface area contributed by atoms with E-state index in [1.54, 1.807) is 11.5 Å². The van der Waals surface area contributed by atoms with Crippen molar-refractivity contribution in [3.8, 4) is 0 Å². The second kappa shape index (κ2) is 4.93. The Hall–Kier alpha value is -1.95. The number of hydrogen-bond acceptors (Lipinski definition) is 5. The molecule has 2 N–H and O–H groups in total. The second-order valence-electron chi connectivity index (χ2n) is 2.25. The maximum Gasteiger partial charge on any atom is 0.341 e. The molecule has 0 amide bonds. The lowest BCUT2D eigenvalue weighted by molar-refractivity contribution is 0.0601. The van der Waals surface area contributed by atoms with Crippen LogP contribution in [-0.2, 0) is 4.74 Å². The molecule has 0 atom stereocenters. The van der Waals surface area contributed by atoms with Gasteiger partial charge >= 0.3 is 5.97 Å². The van der Waals surface area contributed by atoms with Crippen LogP contribution in [0.1, 0.15) is 10.4 Å². The van der Waals surface area contributed by atoms with Gasteiger partial charge in [0.15, 0.2) is 5.82 Å². The Morgan fingerprint density at radius 2 is 2.57 bits per heavy atom. The van der Waals surface area contributed by atoms with Gasteiger partial charge in [0.1, 0.15) is 11.9 Å². The summed E-state index contributed by atoms with van der Waals surface area (Å²) in [4.78, 5) is 18.7. The van der Waals surface area contributed by atoms with Crippen LogP contribution in [0.2, 0.25) is 0 Å². The van der Waals surface area contributed by atoms with Crippen LogP contribution in [0, 0.1) is 0 Å². The van der Waals surface area contributed by atoms with Gasteiger partial charge in [-0.2, -0.15) is 0 Å². The minimum atomic E-state index is -0.525. The lowest BCUT2D eigenvalue weighted by atomic mass is 10.2. The number of ether oxygens (including phenoxy) is 1. The molecule has 0 aliphatic heterocycles. The fraction of sp³-hybridized carbons (Fsp3) is 0.125. The molecule has 0 saturated carbocycles. The zero-order chi connectivity index (χ0) is 10.4. The van der Waals surface area contributed by atoms with Gasteiger partial charge in [0.25, 0.3) is 0 Å². The molecule has 1 rings (SSSR count). The van der Waals surface area contributed by atoms with Crippen molar-refractivity contribution in [3.63, 3.8) is 0 Å². The Morgan fingerprint density at radius 3 is 3.21 bits per heavy atom. The van der Waals surface area contributed by atoms with Crippen molar-refractivity contribution in [1.82, 2.24) is 10.5 Å². The molecule has 14 heavy (non-hydrogen) atoms. The number of hydrogen-bond donors (Lipinski definition) is 2. The van der Waals surface area contributed by atoms with Crippen molar-refractivity contribution >= 4 is 18.1 Å². The summed E-state index contributed by atoms with van der Waals surface area (Å²) in [5.74, 6) is -0.343. The standard InChI is InChI=1S/C8H9N3O3/c1-14-8(12)6-3-2-4-9-7(6)10-5-11-13/h2-5,13H,1H3,(H,9,10,11). The van der Waals surface area contributed by atoms with Gasteiger partial charge in [0.2, 0.25) is 0 Å². The number of hydroxylamine groups is 1. The first-order chi connectivity index (χ1) is 6.79. The fourth-order valence-corrected chi connectivity index (χ4v) is 0.859. The third-order valence-corrected chi connectivity index (χ3v) is 1.44. The minimum Gasteiger partial charge on any atom is -0.465 e. The maximum absolute atomic E-state index is 11.2. The Bertz CT molecular complexity index is 351. The number of esters is 1. The molecule has 0 aromatic carbocycles. The molecule has 0 spiro atoms. The van der Waals surface area contributed by atoms with Crippen molar-refractivity contribution in [2.24, 2.45) is 4.99 Å². The van der Waals surface area contributed by atoms with Gasteiger partial charge in [0, 0.05) is 6.20 Å². The molecular formula is C8H9N3O3. The van der Waals surface area contributed by atoms with Gasteiger partial charge in [-0.1, -0.05) is 0 Å². The quantitative estimate of drug-likeness (QED) is 0.317. The zero-order valence-corrected chi connectivity index (χ0v) is 7.47. The number of pyridine rings is 1. The molecule has 0 aliphatic carbocycles. The lowest BCUT2D eigenvalue weighted by Gasteiger charge is -2.00. The number of nitrogens with zero attached hydrogens (tertiary/aromatic N) is 2. The highest BCUT2D eigenvalue weighted by Crippen LogP contribution is 2.14. The first-order valence-corrected chi connectivity index (χ1v) is 3.75. The highest BCUT2D eigenvalue weighted by atomic mass is 16.5. The SMILES string of the molecule is COC(=O)c1cccnc1/N=C/NO. The number of rotatable bonds is 3. The van der Waals surface area contributed by atoms with Crippen LogP contribution in [0.15, 0.2) is 23.3 Å². The van der Waals surface area contributed by atoms with Crippen LogP contribution in [0.4, 0.5) is 5.82 Å². The summed E-state index contributed by atoms with van der Waals surface area (Å²) >= 11 is 0. The van der Waals surface area contributed by atoms with E-state index in [2.05, 4.69) is 14.7 Å². The molecule has 6 heteroatoms. The molecule has 0 aliphatic rings. The Morgan fingerprint density at radius 1 is 1.79 bits per heavy atom. The first-order valence-electron chi connectivity index (χ1n) is 3.75. The molecule has 1 aromatic rings. The molecule has 0 fully saturated rings. The normalized spacial score (nSPS) is 10.1.